The van der Waals surface area contributed by atoms with Crippen LogP contribution in [0.1, 0.15) is 27.3 Å². The second kappa shape index (κ2) is 7.69. The van der Waals surface area contributed by atoms with Crippen molar-refractivity contribution >= 4 is 17.4 Å². The van der Waals surface area contributed by atoms with Crippen molar-refractivity contribution in [1.29, 1.82) is 0 Å². The fraction of sp³-hybridized carbons (Fsp3) is 0.158. The number of benzene rings is 2. The van der Waals surface area contributed by atoms with Crippen LogP contribution in [0.3, 0.4) is 0 Å². The maximum absolute atomic E-state index is 12.9. The molecule has 0 aliphatic heterocycles. The third-order valence-corrected chi connectivity index (χ3v) is 4.69. The van der Waals surface area contributed by atoms with E-state index < -0.39 is 23.0 Å². The maximum atomic E-state index is 12.9. The van der Waals surface area contributed by atoms with Gasteiger partial charge in [-0.25, -0.2) is 8.89 Å². The van der Waals surface area contributed by atoms with Crippen LogP contribution in [0.2, 0.25) is 0 Å². The molecule has 0 bridgehead atoms. The summed E-state index contributed by atoms with van der Waals surface area (Å²) < 4.78 is 59.8. The lowest BCUT2D eigenvalue weighted by molar-refractivity contribution is -0.141. The largest absolute Gasteiger partial charge is 0.435 e. The highest BCUT2D eigenvalue weighted by Gasteiger charge is 2.34. The van der Waals surface area contributed by atoms with Gasteiger partial charge in [0.05, 0.1) is 11.4 Å². The smallest absolute Gasteiger partial charge is 0.306 e. The van der Waals surface area contributed by atoms with Crippen molar-refractivity contribution in [2.45, 2.75) is 18.9 Å². The second-order valence-electron chi connectivity index (χ2n) is 6.14. The van der Waals surface area contributed by atoms with Crippen LogP contribution in [0.5, 0.6) is 0 Å². The minimum absolute atomic E-state index is 0.0286. The Balaban J connectivity index is 2.04. The summed E-state index contributed by atoms with van der Waals surface area (Å²) in [5, 5.41) is 3.58. The first-order valence-corrected chi connectivity index (χ1v) is 9.37. The van der Waals surface area contributed by atoms with E-state index in [9.17, 15) is 22.2 Å². The zero-order chi connectivity index (χ0) is 20.5. The second-order valence-corrected chi connectivity index (χ2v) is 7.07. The van der Waals surface area contributed by atoms with Gasteiger partial charge in [0.15, 0.2) is 23.1 Å². The van der Waals surface area contributed by atoms with E-state index in [1.165, 1.54) is 13.0 Å². The lowest BCUT2D eigenvalue weighted by Gasteiger charge is -2.11. The molecule has 9 heteroatoms. The Kier molecular flexibility index (Phi) is 5.48. The number of alkyl halides is 3. The summed E-state index contributed by atoms with van der Waals surface area (Å²) in [6.07, 6.45) is -4.02. The SMILES string of the molecule is Cc1cc(C(F)(F)F)nn1-c1ccc(-c2cccc(CS(=O)O)c2)cc1C=O. The number of halogens is 3. The van der Waals surface area contributed by atoms with Crippen molar-refractivity contribution in [3.05, 3.63) is 71.0 Å². The van der Waals surface area contributed by atoms with Gasteiger partial charge in [0.1, 0.15) is 0 Å². The molecule has 0 spiro atoms. The summed E-state index contributed by atoms with van der Waals surface area (Å²) in [4.78, 5) is 11.6. The minimum Gasteiger partial charge on any atom is -0.306 e. The highest BCUT2D eigenvalue weighted by molar-refractivity contribution is 7.78. The number of nitrogens with zero attached hydrogens (tertiary/aromatic N) is 2. The van der Waals surface area contributed by atoms with Gasteiger partial charge in [0, 0.05) is 11.3 Å². The fourth-order valence-electron chi connectivity index (χ4n) is 2.86. The molecule has 0 amide bonds. The standard InChI is InChI=1S/C19H15F3N2O3S/c1-12-7-18(19(20,21)22)23-24(12)17-6-5-15(9-16(17)10-25)14-4-2-3-13(8-14)11-28(26)27/h2-10H,11H2,1H3,(H,26,27). The lowest BCUT2D eigenvalue weighted by atomic mass is 10.0. The fourth-order valence-corrected chi connectivity index (χ4v) is 3.33. The van der Waals surface area contributed by atoms with Crippen LogP contribution in [0, 0.1) is 6.92 Å². The molecule has 0 aliphatic rings. The molecule has 0 fully saturated rings. The van der Waals surface area contributed by atoms with Gasteiger partial charge in [0.2, 0.25) is 0 Å². The molecule has 1 unspecified atom stereocenters. The molecule has 3 rings (SSSR count). The van der Waals surface area contributed by atoms with E-state index >= 15 is 0 Å². The zero-order valence-corrected chi connectivity index (χ0v) is 15.4. The molecular formula is C19H15F3N2O3S. The number of hydrogen-bond donors (Lipinski definition) is 1. The molecule has 3 aromatic rings. The number of carbonyl (C=O) groups excluding carboxylic acids is 1. The van der Waals surface area contributed by atoms with Crippen molar-refractivity contribution in [2.24, 2.45) is 0 Å². The molecular weight excluding hydrogens is 393 g/mol. The molecule has 0 saturated heterocycles. The molecule has 1 N–H and O–H groups in total. The Morgan fingerprint density at radius 2 is 1.86 bits per heavy atom. The van der Waals surface area contributed by atoms with E-state index in [2.05, 4.69) is 5.10 Å². The molecule has 1 aromatic heterocycles. The lowest BCUT2D eigenvalue weighted by Crippen LogP contribution is -2.08. The number of aryl methyl sites for hydroxylation is 1. The van der Waals surface area contributed by atoms with E-state index in [1.54, 1.807) is 36.4 Å². The molecule has 5 nitrogen and oxygen atoms in total. The first-order valence-electron chi connectivity index (χ1n) is 8.09. The Morgan fingerprint density at radius 1 is 1.14 bits per heavy atom. The monoisotopic (exact) mass is 408 g/mol. The van der Waals surface area contributed by atoms with Gasteiger partial charge >= 0.3 is 6.18 Å². The summed E-state index contributed by atoms with van der Waals surface area (Å²) in [6, 6.07) is 12.6. The number of rotatable bonds is 5. The predicted molar refractivity (Wildman–Crippen MR) is 98.6 cm³/mol. The van der Waals surface area contributed by atoms with Gasteiger partial charge in [-0.15, -0.1) is 0 Å². The molecule has 1 heterocycles. The van der Waals surface area contributed by atoms with Crippen LogP contribution >= 0.6 is 0 Å². The average molecular weight is 408 g/mol. The third-order valence-electron chi connectivity index (χ3n) is 4.11. The molecule has 28 heavy (non-hydrogen) atoms. The summed E-state index contributed by atoms with van der Waals surface area (Å²) >= 11 is -1.98. The van der Waals surface area contributed by atoms with Gasteiger partial charge in [-0.05, 0) is 41.8 Å². The minimum atomic E-state index is -4.58. The molecule has 0 aliphatic carbocycles. The Labute approximate surface area is 161 Å². The number of hydrogen-bond acceptors (Lipinski definition) is 3. The van der Waals surface area contributed by atoms with Crippen LogP contribution in [0.15, 0.2) is 48.5 Å². The first kappa shape index (κ1) is 20.0. The molecule has 146 valence electrons. The van der Waals surface area contributed by atoms with E-state index in [4.69, 9.17) is 4.55 Å². The molecule has 0 radical (unpaired) electrons. The predicted octanol–water partition coefficient (Wildman–Crippen LogP) is 4.40. The highest BCUT2D eigenvalue weighted by Crippen LogP contribution is 2.31. The molecule has 1 atom stereocenters. The van der Waals surface area contributed by atoms with Crippen molar-refractivity contribution < 1.29 is 26.7 Å². The van der Waals surface area contributed by atoms with Crippen LogP contribution < -0.4 is 0 Å². The average Bonchev–Trinajstić information content (AvgIpc) is 3.03. The van der Waals surface area contributed by atoms with Gasteiger partial charge in [0.25, 0.3) is 0 Å². The van der Waals surface area contributed by atoms with Gasteiger partial charge in [-0.2, -0.15) is 18.3 Å². The van der Waals surface area contributed by atoms with Gasteiger partial charge < -0.3 is 4.55 Å². The zero-order valence-electron chi connectivity index (χ0n) is 14.6. The summed E-state index contributed by atoms with van der Waals surface area (Å²) in [5.74, 6) is -0.0286. The van der Waals surface area contributed by atoms with Crippen LogP contribution in [0.4, 0.5) is 13.2 Å². The number of aromatic nitrogens is 2. The van der Waals surface area contributed by atoms with Gasteiger partial charge in [-0.3, -0.25) is 4.79 Å². The molecule has 2 aromatic carbocycles. The number of carbonyl (C=O) groups is 1. The summed E-state index contributed by atoms with van der Waals surface area (Å²) in [7, 11) is 0. The van der Waals surface area contributed by atoms with E-state index in [0.29, 0.717) is 23.0 Å². The van der Waals surface area contributed by atoms with Crippen molar-refractivity contribution in [3.63, 3.8) is 0 Å². The topological polar surface area (TPSA) is 72.2 Å². The van der Waals surface area contributed by atoms with Crippen molar-refractivity contribution in [3.8, 4) is 16.8 Å². The first-order chi connectivity index (χ1) is 13.2. The quantitative estimate of drug-likeness (QED) is 0.502. The van der Waals surface area contributed by atoms with Gasteiger partial charge in [-0.1, -0.05) is 30.3 Å². The van der Waals surface area contributed by atoms with Crippen LogP contribution in [-0.2, 0) is 23.0 Å². The Bertz CT molecular complexity index is 1060. The summed E-state index contributed by atoms with van der Waals surface area (Å²) in [5.41, 5.74) is 1.63. The third kappa shape index (κ3) is 4.20. The summed E-state index contributed by atoms with van der Waals surface area (Å²) in [6.45, 7) is 1.48. The highest BCUT2D eigenvalue weighted by atomic mass is 32.2. The van der Waals surface area contributed by atoms with Crippen molar-refractivity contribution in [2.75, 3.05) is 0 Å². The normalized spacial score (nSPS) is 12.8. The Hall–Kier alpha value is -2.78. The molecule has 0 saturated carbocycles. The maximum Gasteiger partial charge on any atom is 0.435 e. The van der Waals surface area contributed by atoms with E-state index in [1.807, 2.05) is 0 Å². The van der Waals surface area contributed by atoms with E-state index in [-0.39, 0.29) is 22.7 Å². The Morgan fingerprint density at radius 3 is 2.46 bits per heavy atom. The number of aldehydes is 1. The van der Waals surface area contributed by atoms with Crippen LogP contribution in [-0.4, -0.2) is 24.8 Å². The van der Waals surface area contributed by atoms with Crippen molar-refractivity contribution in [1.82, 2.24) is 9.78 Å². The van der Waals surface area contributed by atoms with Crippen LogP contribution in [0.25, 0.3) is 16.8 Å². The van der Waals surface area contributed by atoms with E-state index in [0.717, 1.165) is 10.7 Å².